The zero-order valence-electron chi connectivity index (χ0n) is 7.71. The highest BCUT2D eigenvalue weighted by Gasteiger charge is 1.93. The third-order valence-corrected chi connectivity index (χ3v) is 1.64. The second-order valence-corrected chi connectivity index (χ2v) is 2.58. The maximum Gasteiger partial charge on any atom is 0.121 e. The van der Waals surface area contributed by atoms with E-state index in [1.54, 1.807) is 0 Å². The van der Waals surface area contributed by atoms with Crippen LogP contribution in [0.25, 0.3) is 0 Å². The maximum atomic E-state index is 5.41. The molecule has 0 aliphatic heterocycles. The Morgan fingerprint density at radius 3 is 3.08 bits per heavy atom. The first-order valence-corrected chi connectivity index (χ1v) is 4.21. The van der Waals surface area contributed by atoms with Crippen molar-refractivity contribution < 1.29 is 4.74 Å². The van der Waals surface area contributed by atoms with Gasteiger partial charge in [-0.2, -0.15) is 0 Å². The van der Waals surface area contributed by atoms with Crippen LogP contribution in [0.3, 0.4) is 0 Å². The fraction of sp³-hybridized carbons (Fsp3) is 0.273. The highest BCUT2D eigenvalue weighted by molar-refractivity contribution is 5.47. The Hall–Kier alpha value is -1.62. The van der Waals surface area contributed by atoms with Gasteiger partial charge in [-0.05, 0) is 12.1 Å². The molecule has 13 heavy (non-hydrogen) atoms. The fourth-order valence-electron chi connectivity index (χ4n) is 0.969. The Morgan fingerprint density at radius 1 is 1.54 bits per heavy atom. The fourth-order valence-corrected chi connectivity index (χ4v) is 0.969. The summed E-state index contributed by atoms with van der Waals surface area (Å²) in [6.45, 7) is 0.573. The first-order chi connectivity index (χ1) is 6.36. The molecule has 2 nitrogen and oxygen atoms in total. The largest absolute Gasteiger partial charge is 0.493 e. The molecule has 0 radical (unpaired) electrons. The van der Waals surface area contributed by atoms with Crippen LogP contribution in [0.5, 0.6) is 5.75 Å². The van der Waals surface area contributed by atoms with E-state index in [4.69, 9.17) is 11.2 Å². The Labute approximate surface area is 78.9 Å². The minimum Gasteiger partial charge on any atom is -0.493 e. The van der Waals surface area contributed by atoms with Crippen LogP contribution in [-0.4, -0.2) is 13.7 Å². The predicted octanol–water partition coefficient (Wildman–Crippen LogP) is 2.13. The molecule has 0 spiro atoms. The summed E-state index contributed by atoms with van der Waals surface area (Å²) in [7, 11) is 1.88. The van der Waals surface area contributed by atoms with Crippen molar-refractivity contribution >= 4 is 5.69 Å². The highest BCUT2D eigenvalue weighted by Crippen LogP contribution is 2.16. The summed E-state index contributed by atoms with van der Waals surface area (Å²) in [5.74, 6) is 3.38. The normalized spacial score (nSPS) is 8.92. The average molecular weight is 175 g/mol. The van der Waals surface area contributed by atoms with E-state index in [9.17, 15) is 0 Å². The lowest BCUT2D eigenvalue weighted by atomic mass is 10.3. The molecule has 1 rings (SSSR count). The smallest absolute Gasteiger partial charge is 0.121 e. The summed E-state index contributed by atoms with van der Waals surface area (Å²) in [6.07, 6.45) is 5.75. The maximum absolute atomic E-state index is 5.41. The number of terminal acetylenes is 1. The zero-order chi connectivity index (χ0) is 9.52. The van der Waals surface area contributed by atoms with Gasteiger partial charge in [0.15, 0.2) is 0 Å². The van der Waals surface area contributed by atoms with Crippen LogP contribution in [-0.2, 0) is 0 Å². The zero-order valence-corrected chi connectivity index (χ0v) is 7.71. The molecule has 0 amide bonds. The van der Waals surface area contributed by atoms with Crippen LogP contribution in [0.2, 0.25) is 0 Å². The third kappa shape index (κ3) is 3.08. The van der Waals surface area contributed by atoms with Crippen LogP contribution < -0.4 is 10.1 Å². The Balaban J connectivity index is 2.52. The topological polar surface area (TPSA) is 21.3 Å². The molecule has 0 unspecified atom stereocenters. The number of anilines is 1. The van der Waals surface area contributed by atoms with Crippen LogP contribution >= 0.6 is 0 Å². The Bertz CT molecular complexity index is 301. The quantitative estimate of drug-likeness (QED) is 0.559. The van der Waals surface area contributed by atoms with Gasteiger partial charge < -0.3 is 10.1 Å². The summed E-state index contributed by atoms with van der Waals surface area (Å²) >= 11 is 0. The van der Waals surface area contributed by atoms with Gasteiger partial charge in [0.1, 0.15) is 5.75 Å². The highest BCUT2D eigenvalue weighted by atomic mass is 16.5. The molecule has 0 fully saturated rings. The minimum absolute atomic E-state index is 0.573. The van der Waals surface area contributed by atoms with Gasteiger partial charge in [0.25, 0.3) is 0 Å². The minimum atomic E-state index is 0.573. The summed E-state index contributed by atoms with van der Waals surface area (Å²) < 4.78 is 5.41. The number of hydrogen-bond acceptors (Lipinski definition) is 2. The van der Waals surface area contributed by atoms with Gasteiger partial charge in [0.2, 0.25) is 0 Å². The van der Waals surface area contributed by atoms with Gasteiger partial charge in [-0.3, -0.25) is 0 Å². The summed E-state index contributed by atoms with van der Waals surface area (Å²) in [5, 5.41) is 3.04. The molecule has 1 aromatic rings. The molecule has 0 aliphatic carbocycles. The summed E-state index contributed by atoms with van der Waals surface area (Å²) in [4.78, 5) is 0. The second-order valence-electron chi connectivity index (χ2n) is 2.58. The lowest BCUT2D eigenvalue weighted by Gasteiger charge is -2.05. The first-order valence-electron chi connectivity index (χ1n) is 4.21. The van der Waals surface area contributed by atoms with E-state index in [-0.39, 0.29) is 0 Å². The van der Waals surface area contributed by atoms with Crippen molar-refractivity contribution in [3.63, 3.8) is 0 Å². The molecule has 0 atom stereocenters. The monoisotopic (exact) mass is 175 g/mol. The number of hydrogen-bond donors (Lipinski definition) is 1. The number of rotatable bonds is 4. The summed E-state index contributed by atoms with van der Waals surface area (Å²) in [6, 6.07) is 7.78. The van der Waals surface area contributed by atoms with Crippen molar-refractivity contribution in [1.29, 1.82) is 0 Å². The molecule has 0 aliphatic rings. The van der Waals surface area contributed by atoms with Crippen molar-refractivity contribution in [2.75, 3.05) is 19.0 Å². The molecule has 2 heteroatoms. The third-order valence-electron chi connectivity index (χ3n) is 1.64. The standard InChI is InChI=1S/C11H13NO/c1-3-4-8-13-11-7-5-6-10(9-11)12-2/h1,5-7,9,12H,4,8H2,2H3. The van der Waals surface area contributed by atoms with Gasteiger partial charge >= 0.3 is 0 Å². The average Bonchev–Trinajstić information content (AvgIpc) is 2.19. The molecule has 0 saturated heterocycles. The molecule has 0 bridgehead atoms. The van der Waals surface area contributed by atoms with Crippen molar-refractivity contribution in [1.82, 2.24) is 0 Å². The Kier molecular flexibility index (Phi) is 3.72. The molecular weight excluding hydrogens is 162 g/mol. The molecule has 0 heterocycles. The van der Waals surface area contributed by atoms with E-state index < -0.39 is 0 Å². The van der Waals surface area contributed by atoms with Crippen molar-refractivity contribution in [3.8, 4) is 18.1 Å². The van der Waals surface area contributed by atoms with E-state index in [1.807, 2.05) is 31.3 Å². The van der Waals surface area contributed by atoms with Crippen molar-refractivity contribution in [2.45, 2.75) is 6.42 Å². The molecule has 68 valence electrons. The van der Waals surface area contributed by atoms with E-state index in [2.05, 4.69) is 11.2 Å². The van der Waals surface area contributed by atoms with E-state index in [1.165, 1.54) is 0 Å². The number of ether oxygens (including phenoxy) is 1. The molecule has 1 N–H and O–H groups in total. The van der Waals surface area contributed by atoms with Crippen molar-refractivity contribution in [2.24, 2.45) is 0 Å². The van der Waals surface area contributed by atoms with Gasteiger partial charge in [-0.1, -0.05) is 6.07 Å². The van der Waals surface area contributed by atoms with Gasteiger partial charge in [0.05, 0.1) is 6.61 Å². The number of nitrogens with one attached hydrogen (secondary N) is 1. The molecular formula is C11H13NO. The molecule has 0 saturated carbocycles. The predicted molar refractivity (Wildman–Crippen MR) is 54.9 cm³/mol. The summed E-state index contributed by atoms with van der Waals surface area (Å²) in [5.41, 5.74) is 1.04. The SMILES string of the molecule is C#CCCOc1cccc(NC)c1. The van der Waals surface area contributed by atoms with Crippen LogP contribution in [0.4, 0.5) is 5.69 Å². The van der Waals surface area contributed by atoms with E-state index in [0.29, 0.717) is 13.0 Å². The number of benzene rings is 1. The Morgan fingerprint density at radius 2 is 2.38 bits per heavy atom. The lowest BCUT2D eigenvalue weighted by Crippen LogP contribution is -1.96. The van der Waals surface area contributed by atoms with E-state index >= 15 is 0 Å². The van der Waals surface area contributed by atoms with Crippen LogP contribution in [0.1, 0.15) is 6.42 Å². The molecule has 1 aromatic carbocycles. The van der Waals surface area contributed by atoms with Crippen LogP contribution in [0.15, 0.2) is 24.3 Å². The lowest BCUT2D eigenvalue weighted by molar-refractivity contribution is 0.327. The molecule has 0 aromatic heterocycles. The van der Waals surface area contributed by atoms with Gasteiger partial charge in [-0.25, -0.2) is 0 Å². The first kappa shape index (κ1) is 9.47. The second kappa shape index (κ2) is 5.10. The van der Waals surface area contributed by atoms with E-state index in [0.717, 1.165) is 11.4 Å². The van der Waals surface area contributed by atoms with Gasteiger partial charge in [0, 0.05) is 25.2 Å². The van der Waals surface area contributed by atoms with Crippen molar-refractivity contribution in [3.05, 3.63) is 24.3 Å². The van der Waals surface area contributed by atoms with Crippen LogP contribution in [0, 0.1) is 12.3 Å². The van der Waals surface area contributed by atoms with Gasteiger partial charge in [-0.15, -0.1) is 12.3 Å².